The minimum absolute atomic E-state index is 0.139. The number of aryl methyl sites for hydroxylation is 1. The molecule has 2 aromatic heterocycles. The topological polar surface area (TPSA) is 68.0 Å². The second kappa shape index (κ2) is 7.55. The third-order valence-electron chi connectivity index (χ3n) is 4.00. The minimum atomic E-state index is -0.139. The summed E-state index contributed by atoms with van der Waals surface area (Å²) in [6.45, 7) is 1.98. The highest BCUT2D eigenvalue weighted by Crippen LogP contribution is 2.23. The summed E-state index contributed by atoms with van der Waals surface area (Å²) in [5.74, 6) is 0.376. The molecule has 0 fully saturated rings. The van der Waals surface area contributed by atoms with Crippen molar-refractivity contribution in [3.05, 3.63) is 76.9 Å². The van der Waals surface area contributed by atoms with E-state index in [-0.39, 0.29) is 12.3 Å². The minimum Gasteiger partial charge on any atom is -0.444 e. The molecule has 1 N–H and O–H groups in total. The molecule has 27 heavy (non-hydrogen) atoms. The van der Waals surface area contributed by atoms with Crippen molar-refractivity contribution in [1.29, 1.82) is 0 Å². The van der Waals surface area contributed by atoms with E-state index in [4.69, 9.17) is 4.42 Å². The van der Waals surface area contributed by atoms with Crippen molar-refractivity contribution in [2.75, 3.05) is 5.32 Å². The van der Waals surface area contributed by atoms with Crippen molar-refractivity contribution in [3.8, 4) is 22.7 Å². The van der Waals surface area contributed by atoms with Gasteiger partial charge in [0.15, 0.2) is 0 Å². The SMILES string of the molecule is Cc1nc(-c2ccc(NC(=O)Cc3coc(-c4ccccc4)n3)cc2)cs1. The average Bonchev–Trinajstić information content (AvgIpc) is 3.32. The molecule has 0 radical (unpaired) electrons. The molecule has 2 heterocycles. The molecule has 4 aromatic rings. The highest BCUT2D eigenvalue weighted by Gasteiger charge is 2.11. The largest absolute Gasteiger partial charge is 0.444 e. The van der Waals surface area contributed by atoms with Gasteiger partial charge in [0.05, 0.1) is 22.8 Å². The van der Waals surface area contributed by atoms with Crippen LogP contribution in [0.4, 0.5) is 5.69 Å². The van der Waals surface area contributed by atoms with Gasteiger partial charge in [0.25, 0.3) is 0 Å². The van der Waals surface area contributed by atoms with Crippen molar-refractivity contribution in [2.45, 2.75) is 13.3 Å². The normalized spacial score (nSPS) is 10.7. The van der Waals surface area contributed by atoms with E-state index in [1.165, 1.54) is 6.26 Å². The zero-order valence-electron chi connectivity index (χ0n) is 14.7. The Balaban J connectivity index is 1.39. The van der Waals surface area contributed by atoms with E-state index in [2.05, 4.69) is 15.3 Å². The smallest absolute Gasteiger partial charge is 0.230 e. The standard InChI is InChI=1S/C21H17N3O2S/c1-14-22-19(13-27-14)15-7-9-17(10-8-15)23-20(25)11-18-12-26-21(24-18)16-5-3-2-4-6-16/h2-10,12-13H,11H2,1H3,(H,23,25). The maximum atomic E-state index is 12.3. The van der Waals surface area contributed by atoms with Gasteiger partial charge in [0.2, 0.25) is 11.8 Å². The number of nitrogens with one attached hydrogen (secondary N) is 1. The lowest BCUT2D eigenvalue weighted by atomic mass is 10.1. The van der Waals surface area contributed by atoms with Gasteiger partial charge < -0.3 is 9.73 Å². The van der Waals surface area contributed by atoms with Crippen molar-refractivity contribution in [1.82, 2.24) is 9.97 Å². The second-order valence-corrected chi connectivity index (χ2v) is 7.13. The predicted octanol–water partition coefficient (Wildman–Crippen LogP) is 4.95. The number of carbonyl (C=O) groups excluding carboxylic acids is 1. The fraction of sp³-hybridized carbons (Fsp3) is 0.0952. The molecule has 0 atom stereocenters. The van der Waals surface area contributed by atoms with Gasteiger partial charge in [-0.1, -0.05) is 30.3 Å². The van der Waals surface area contributed by atoms with Gasteiger partial charge in [-0.2, -0.15) is 0 Å². The second-order valence-electron chi connectivity index (χ2n) is 6.06. The van der Waals surface area contributed by atoms with Crippen LogP contribution in [0.1, 0.15) is 10.7 Å². The molecule has 0 aliphatic heterocycles. The van der Waals surface area contributed by atoms with Crippen LogP contribution in [0.3, 0.4) is 0 Å². The molecule has 4 rings (SSSR count). The van der Waals surface area contributed by atoms with Crippen molar-refractivity contribution < 1.29 is 9.21 Å². The number of benzene rings is 2. The first-order chi connectivity index (χ1) is 13.2. The fourth-order valence-electron chi connectivity index (χ4n) is 2.69. The number of amides is 1. The van der Waals surface area contributed by atoms with Crippen LogP contribution in [-0.4, -0.2) is 15.9 Å². The van der Waals surface area contributed by atoms with Gasteiger partial charge in [-0.3, -0.25) is 4.79 Å². The summed E-state index contributed by atoms with van der Waals surface area (Å²) in [6.07, 6.45) is 1.68. The molecular formula is C21H17N3O2S. The van der Waals surface area contributed by atoms with E-state index in [1.807, 2.05) is 66.9 Å². The first kappa shape index (κ1) is 17.2. The molecule has 6 heteroatoms. The Morgan fingerprint density at radius 3 is 2.52 bits per heavy atom. The van der Waals surface area contributed by atoms with Crippen molar-refractivity contribution in [2.24, 2.45) is 0 Å². The number of oxazole rings is 1. The van der Waals surface area contributed by atoms with E-state index in [1.54, 1.807) is 11.3 Å². The van der Waals surface area contributed by atoms with Crippen LogP contribution >= 0.6 is 11.3 Å². The van der Waals surface area contributed by atoms with Gasteiger partial charge in [-0.15, -0.1) is 11.3 Å². The molecule has 0 aliphatic carbocycles. The van der Waals surface area contributed by atoms with Gasteiger partial charge in [0, 0.05) is 22.2 Å². The number of anilines is 1. The van der Waals surface area contributed by atoms with E-state index >= 15 is 0 Å². The van der Waals surface area contributed by atoms with Gasteiger partial charge in [0.1, 0.15) is 6.26 Å². The molecule has 0 spiro atoms. The van der Waals surface area contributed by atoms with Crippen molar-refractivity contribution >= 4 is 22.9 Å². The Bertz CT molecular complexity index is 1050. The van der Waals surface area contributed by atoms with Gasteiger partial charge in [-0.25, -0.2) is 9.97 Å². The average molecular weight is 375 g/mol. The zero-order chi connectivity index (χ0) is 18.6. The lowest BCUT2D eigenvalue weighted by Gasteiger charge is -2.05. The van der Waals surface area contributed by atoms with E-state index in [0.29, 0.717) is 11.6 Å². The highest BCUT2D eigenvalue weighted by molar-refractivity contribution is 7.09. The number of rotatable bonds is 5. The quantitative estimate of drug-likeness (QED) is 0.536. The number of carbonyl (C=O) groups is 1. The summed E-state index contributed by atoms with van der Waals surface area (Å²) in [6, 6.07) is 17.3. The van der Waals surface area contributed by atoms with Crippen LogP contribution < -0.4 is 5.32 Å². The Morgan fingerprint density at radius 2 is 1.81 bits per heavy atom. The molecule has 134 valence electrons. The first-order valence-electron chi connectivity index (χ1n) is 8.49. The van der Waals surface area contributed by atoms with Gasteiger partial charge in [-0.05, 0) is 31.2 Å². The maximum Gasteiger partial charge on any atom is 0.230 e. The number of aromatic nitrogens is 2. The summed E-state index contributed by atoms with van der Waals surface area (Å²) >= 11 is 1.62. The monoisotopic (exact) mass is 375 g/mol. The van der Waals surface area contributed by atoms with E-state index in [9.17, 15) is 4.79 Å². The highest BCUT2D eigenvalue weighted by atomic mass is 32.1. The molecule has 2 aromatic carbocycles. The molecule has 0 unspecified atom stereocenters. The molecule has 1 amide bonds. The molecule has 0 saturated heterocycles. The number of hydrogen-bond acceptors (Lipinski definition) is 5. The molecule has 0 saturated carbocycles. The van der Waals surface area contributed by atoms with E-state index in [0.717, 1.165) is 27.5 Å². The summed E-state index contributed by atoms with van der Waals surface area (Å²) in [7, 11) is 0. The Kier molecular flexibility index (Phi) is 4.80. The predicted molar refractivity (Wildman–Crippen MR) is 107 cm³/mol. The third-order valence-corrected chi connectivity index (χ3v) is 4.77. The van der Waals surface area contributed by atoms with Crippen molar-refractivity contribution in [3.63, 3.8) is 0 Å². The lowest BCUT2D eigenvalue weighted by Crippen LogP contribution is -2.14. The number of thiazole rings is 1. The van der Waals surface area contributed by atoms with Crippen LogP contribution in [0.25, 0.3) is 22.7 Å². The van der Waals surface area contributed by atoms with Crippen LogP contribution in [0.15, 0.2) is 70.7 Å². The Morgan fingerprint density at radius 1 is 1.04 bits per heavy atom. The summed E-state index contributed by atoms with van der Waals surface area (Å²) in [4.78, 5) is 21.1. The summed E-state index contributed by atoms with van der Waals surface area (Å²) in [5.41, 5.74) is 4.20. The maximum absolute atomic E-state index is 12.3. The number of hydrogen-bond donors (Lipinski definition) is 1. The van der Waals surface area contributed by atoms with Gasteiger partial charge >= 0.3 is 0 Å². The first-order valence-corrected chi connectivity index (χ1v) is 9.37. The van der Waals surface area contributed by atoms with Crippen LogP contribution in [-0.2, 0) is 11.2 Å². The number of nitrogens with zero attached hydrogens (tertiary/aromatic N) is 2. The summed E-state index contributed by atoms with van der Waals surface area (Å²) < 4.78 is 5.47. The lowest BCUT2D eigenvalue weighted by molar-refractivity contribution is -0.115. The molecule has 0 aliphatic rings. The van der Waals surface area contributed by atoms with Crippen LogP contribution in [0, 0.1) is 6.92 Å². The molecule has 5 nitrogen and oxygen atoms in total. The van der Waals surface area contributed by atoms with E-state index < -0.39 is 0 Å². The molecule has 0 bridgehead atoms. The Labute approximate surface area is 160 Å². The summed E-state index contributed by atoms with van der Waals surface area (Å²) in [5, 5.41) is 5.94. The van der Waals surface area contributed by atoms with Crippen LogP contribution in [0.2, 0.25) is 0 Å². The fourth-order valence-corrected chi connectivity index (χ4v) is 3.31. The Hall–Kier alpha value is -3.25. The third kappa shape index (κ3) is 4.12. The zero-order valence-corrected chi connectivity index (χ0v) is 15.5. The molecular weight excluding hydrogens is 358 g/mol. The van der Waals surface area contributed by atoms with Crippen LogP contribution in [0.5, 0.6) is 0 Å².